The number of nitrogens with one attached hydrogen (secondary N) is 1. The number of nitrogens with zero attached hydrogens (tertiary/aromatic N) is 2. The lowest BCUT2D eigenvalue weighted by atomic mass is 9.97. The molecule has 1 unspecified atom stereocenters. The van der Waals surface area contributed by atoms with Crippen LogP contribution in [0.2, 0.25) is 0 Å². The number of hydrogen-bond acceptors (Lipinski definition) is 4. The van der Waals surface area contributed by atoms with Crippen molar-refractivity contribution in [1.29, 1.82) is 0 Å². The molecule has 0 aliphatic heterocycles. The lowest BCUT2D eigenvalue weighted by Crippen LogP contribution is -2.36. The van der Waals surface area contributed by atoms with Gasteiger partial charge in [0.05, 0.1) is 12.3 Å². The Kier molecular flexibility index (Phi) is 5.30. The molecule has 1 aromatic rings. The van der Waals surface area contributed by atoms with E-state index in [1.165, 1.54) is 16.9 Å². The first kappa shape index (κ1) is 15.1. The maximum atomic E-state index is 11.9. The van der Waals surface area contributed by atoms with Crippen molar-refractivity contribution in [2.75, 3.05) is 6.54 Å². The van der Waals surface area contributed by atoms with Gasteiger partial charge in [-0.15, -0.1) is 0 Å². The Bertz CT molecular complexity index is 466. The van der Waals surface area contributed by atoms with Gasteiger partial charge in [0.1, 0.15) is 0 Å². The molecule has 0 bridgehead atoms. The second-order valence-electron chi connectivity index (χ2n) is 4.29. The van der Waals surface area contributed by atoms with Gasteiger partial charge < -0.3 is 5.11 Å². The van der Waals surface area contributed by atoms with Crippen molar-refractivity contribution in [2.45, 2.75) is 37.8 Å². The fourth-order valence-corrected chi connectivity index (χ4v) is 3.07. The molecular weight excluding hydrogens is 254 g/mol. The summed E-state index contributed by atoms with van der Waals surface area (Å²) in [5.41, 5.74) is 0. The SMILES string of the molecule is CCC(CC)C(O)CNS(=O)(=O)c1ccnn1C. The summed E-state index contributed by atoms with van der Waals surface area (Å²) in [6.07, 6.45) is 2.41. The molecule has 0 aliphatic carbocycles. The molecule has 0 aliphatic rings. The predicted molar refractivity (Wildman–Crippen MR) is 68.5 cm³/mol. The minimum absolute atomic E-state index is 0.0276. The van der Waals surface area contributed by atoms with E-state index >= 15 is 0 Å². The third kappa shape index (κ3) is 3.54. The third-order valence-corrected chi connectivity index (χ3v) is 4.62. The summed E-state index contributed by atoms with van der Waals surface area (Å²) in [4.78, 5) is 0. The highest BCUT2D eigenvalue weighted by atomic mass is 32.2. The molecule has 104 valence electrons. The number of hydrogen-bond donors (Lipinski definition) is 2. The van der Waals surface area contributed by atoms with Crippen molar-refractivity contribution >= 4 is 10.0 Å². The van der Waals surface area contributed by atoms with Crippen LogP contribution in [0.4, 0.5) is 0 Å². The van der Waals surface area contributed by atoms with Crippen LogP contribution in [0.3, 0.4) is 0 Å². The smallest absolute Gasteiger partial charge is 0.257 e. The van der Waals surface area contributed by atoms with Gasteiger partial charge in [0.15, 0.2) is 5.03 Å². The van der Waals surface area contributed by atoms with Crippen molar-refractivity contribution < 1.29 is 13.5 Å². The summed E-state index contributed by atoms with van der Waals surface area (Å²) < 4.78 is 27.6. The van der Waals surface area contributed by atoms with Gasteiger partial charge in [0.25, 0.3) is 10.0 Å². The zero-order valence-corrected chi connectivity index (χ0v) is 11.8. The van der Waals surface area contributed by atoms with Crippen LogP contribution in [-0.4, -0.2) is 36.0 Å². The standard InChI is InChI=1S/C11H21N3O3S/c1-4-9(5-2)10(15)8-13-18(16,17)11-6-7-12-14(11)3/h6-7,9-10,13,15H,4-5,8H2,1-3H3. The maximum absolute atomic E-state index is 11.9. The molecule has 6 nitrogen and oxygen atoms in total. The Morgan fingerprint density at radius 2 is 2.06 bits per heavy atom. The molecule has 1 rings (SSSR count). The molecule has 0 saturated carbocycles. The van der Waals surface area contributed by atoms with E-state index in [0.717, 1.165) is 12.8 Å². The molecule has 0 amide bonds. The summed E-state index contributed by atoms with van der Waals surface area (Å²) in [6.45, 7) is 3.99. The van der Waals surface area contributed by atoms with E-state index in [2.05, 4.69) is 9.82 Å². The molecule has 2 N–H and O–H groups in total. The summed E-state index contributed by atoms with van der Waals surface area (Å²) in [5, 5.41) is 13.8. The van der Waals surface area contributed by atoms with Gasteiger partial charge in [-0.25, -0.2) is 13.1 Å². The van der Waals surface area contributed by atoms with Crippen molar-refractivity contribution in [3.05, 3.63) is 12.3 Å². The molecule has 0 aromatic carbocycles. The molecule has 7 heteroatoms. The van der Waals surface area contributed by atoms with Gasteiger partial charge in [0.2, 0.25) is 0 Å². The lowest BCUT2D eigenvalue weighted by molar-refractivity contribution is 0.107. The summed E-state index contributed by atoms with van der Waals surface area (Å²) in [5.74, 6) is 0.110. The van der Waals surface area contributed by atoms with Gasteiger partial charge in [-0.05, 0) is 12.0 Å². The van der Waals surface area contributed by atoms with E-state index in [1.807, 2.05) is 13.8 Å². The highest BCUT2D eigenvalue weighted by molar-refractivity contribution is 7.89. The Balaban J connectivity index is 2.66. The van der Waals surface area contributed by atoms with E-state index < -0.39 is 16.1 Å². The Morgan fingerprint density at radius 1 is 1.44 bits per heavy atom. The van der Waals surface area contributed by atoms with E-state index in [9.17, 15) is 13.5 Å². The Hall–Kier alpha value is -0.920. The van der Waals surface area contributed by atoms with Gasteiger partial charge in [-0.3, -0.25) is 4.68 Å². The minimum atomic E-state index is -3.60. The highest BCUT2D eigenvalue weighted by Gasteiger charge is 2.21. The molecule has 0 radical (unpaired) electrons. The van der Waals surface area contributed by atoms with E-state index in [-0.39, 0.29) is 17.5 Å². The fraction of sp³-hybridized carbons (Fsp3) is 0.727. The summed E-state index contributed by atoms with van der Waals surface area (Å²) >= 11 is 0. The molecule has 1 atom stereocenters. The van der Waals surface area contributed by atoms with E-state index in [0.29, 0.717) is 0 Å². The quantitative estimate of drug-likeness (QED) is 0.759. The predicted octanol–water partition coefficient (Wildman–Crippen LogP) is 0.496. The average molecular weight is 275 g/mol. The number of aliphatic hydroxyl groups is 1. The van der Waals surface area contributed by atoms with Crippen LogP contribution in [-0.2, 0) is 17.1 Å². The van der Waals surface area contributed by atoms with Gasteiger partial charge in [-0.1, -0.05) is 26.7 Å². The van der Waals surface area contributed by atoms with E-state index in [1.54, 1.807) is 7.05 Å². The molecule has 1 aromatic heterocycles. The van der Waals surface area contributed by atoms with Gasteiger partial charge in [0, 0.05) is 13.6 Å². The normalized spacial score (nSPS) is 14.1. The van der Waals surface area contributed by atoms with Crippen LogP contribution < -0.4 is 4.72 Å². The van der Waals surface area contributed by atoms with Crippen molar-refractivity contribution in [3.8, 4) is 0 Å². The van der Waals surface area contributed by atoms with Crippen molar-refractivity contribution in [1.82, 2.24) is 14.5 Å². The number of sulfonamides is 1. The monoisotopic (exact) mass is 275 g/mol. The van der Waals surface area contributed by atoms with Crippen LogP contribution in [0.15, 0.2) is 17.3 Å². The Morgan fingerprint density at radius 3 is 2.50 bits per heavy atom. The zero-order valence-electron chi connectivity index (χ0n) is 11.0. The summed E-state index contributed by atoms with van der Waals surface area (Å²) in [6, 6.07) is 1.42. The number of aromatic nitrogens is 2. The zero-order chi connectivity index (χ0) is 13.8. The second kappa shape index (κ2) is 6.31. The third-order valence-electron chi connectivity index (χ3n) is 3.13. The number of rotatable bonds is 7. The van der Waals surface area contributed by atoms with Crippen LogP contribution >= 0.6 is 0 Å². The molecule has 1 heterocycles. The lowest BCUT2D eigenvalue weighted by Gasteiger charge is -2.20. The first-order valence-electron chi connectivity index (χ1n) is 6.08. The van der Waals surface area contributed by atoms with Crippen molar-refractivity contribution in [2.24, 2.45) is 13.0 Å². The topological polar surface area (TPSA) is 84.2 Å². The molecule has 0 fully saturated rings. The van der Waals surface area contributed by atoms with Crippen molar-refractivity contribution in [3.63, 3.8) is 0 Å². The molecule has 18 heavy (non-hydrogen) atoms. The first-order chi connectivity index (χ1) is 8.42. The van der Waals surface area contributed by atoms with Crippen LogP contribution in [0.1, 0.15) is 26.7 Å². The minimum Gasteiger partial charge on any atom is -0.391 e. The molecule has 0 spiro atoms. The van der Waals surface area contributed by atoms with Crippen LogP contribution in [0.5, 0.6) is 0 Å². The van der Waals surface area contributed by atoms with Gasteiger partial charge >= 0.3 is 0 Å². The highest BCUT2D eigenvalue weighted by Crippen LogP contribution is 2.13. The Labute approximate surface area is 108 Å². The first-order valence-corrected chi connectivity index (χ1v) is 7.56. The number of aliphatic hydroxyl groups excluding tert-OH is 1. The van der Waals surface area contributed by atoms with Crippen LogP contribution in [0, 0.1) is 5.92 Å². The fourth-order valence-electron chi connectivity index (χ4n) is 1.89. The average Bonchev–Trinajstić information content (AvgIpc) is 2.75. The summed E-state index contributed by atoms with van der Waals surface area (Å²) in [7, 11) is -2.04. The maximum Gasteiger partial charge on any atom is 0.257 e. The van der Waals surface area contributed by atoms with E-state index in [4.69, 9.17) is 0 Å². The molecular formula is C11H21N3O3S. The molecule has 0 saturated heterocycles. The van der Waals surface area contributed by atoms with Crippen LogP contribution in [0.25, 0.3) is 0 Å². The largest absolute Gasteiger partial charge is 0.391 e. The number of aryl methyl sites for hydroxylation is 1. The van der Waals surface area contributed by atoms with Gasteiger partial charge in [-0.2, -0.15) is 5.10 Å². The second-order valence-corrected chi connectivity index (χ2v) is 6.00.